The summed E-state index contributed by atoms with van der Waals surface area (Å²) in [7, 11) is 4.85. The van der Waals surface area contributed by atoms with Crippen molar-refractivity contribution in [3.63, 3.8) is 0 Å². The Labute approximate surface area is 186 Å². The lowest BCUT2D eigenvalue weighted by Crippen LogP contribution is -2.27. The number of hydrogen-bond acceptors (Lipinski definition) is 7. The molecular formula is C23H25N3O4S. The molecule has 3 rings (SSSR count). The molecule has 8 heteroatoms. The van der Waals surface area contributed by atoms with E-state index in [0.717, 1.165) is 16.9 Å². The highest BCUT2D eigenvalue weighted by Crippen LogP contribution is 2.32. The van der Waals surface area contributed by atoms with Gasteiger partial charge >= 0.3 is 0 Å². The Morgan fingerprint density at radius 3 is 2.45 bits per heavy atom. The van der Waals surface area contributed by atoms with Crippen LogP contribution in [0.5, 0.6) is 17.2 Å². The Balaban J connectivity index is 1.50. The number of carbonyl (C=O) groups is 1. The number of hydrogen-bond donors (Lipinski definition) is 1. The molecule has 1 heterocycles. The Morgan fingerprint density at radius 2 is 1.74 bits per heavy atom. The zero-order valence-electron chi connectivity index (χ0n) is 17.8. The van der Waals surface area contributed by atoms with E-state index in [-0.39, 0.29) is 11.7 Å². The van der Waals surface area contributed by atoms with E-state index >= 15 is 0 Å². The fourth-order valence-corrected chi connectivity index (χ4v) is 3.63. The van der Waals surface area contributed by atoms with Gasteiger partial charge in [-0.1, -0.05) is 30.0 Å². The lowest BCUT2D eigenvalue weighted by Gasteiger charge is -2.10. The van der Waals surface area contributed by atoms with Crippen molar-refractivity contribution in [3.8, 4) is 28.5 Å². The molecule has 0 bridgehead atoms. The number of rotatable bonds is 10. The summed E-state index contributed by atoms with van der Waals surface area (Å²) in [6.45, 7) is 0.543. The van der Waals surface area contributed by atoms with Crippen LogP contribution < -0.4 is 19.5 Å². The van der Waals surface area contributed by atoms with E-state index in [1.807, 2.05) is 48.5 Å². The van der Waals surface area contributed by atoms with Crippen molar-refractivity contribution in [1.29, 1.82) is 0 Å². The second kappa shape index (κ2) is 11.2. The predicted molar refractivity (Wildman–Crippen MR) is 121 cm³/mol. The zero-order valence-corrected chi connectivity index (χ0v) is 18.6. The van der Waals surface area contributed by atoms with Gasteiger partial charge in [0.05, 0.1) is 32.8 Å². The van der Waals surface area contributed by atoms with Crippen LogP contribution in [0.1, 0.15) is 5.56 Å². The van der Waals surface area contributed by atoms with Crippen LogP contribution in [0.4, 0.5) is 0 Å². The van der Waals surface area contributed by atoms with Crippen LogP contribution in [0, 0.1) is 0 Å². The van der Waals surface area contributed by atoms with E-state index in [2.05, 4.69) is 15.5 Å². The van der Waals surface area contributed by atoms with Gasteiger partial charge in [-0.2, -0.15) is 0 Å². The largest absolute Gasteiger partial charge is 0.497 e. The Morgan fingerprint density at radius 1 is 0.935 bits per heavy atom. The van der Waals surface area contributed by atoms with Crippen LogP contribution in [0.3, 0.4) is 0 Å². The van der Waals surface area contributed by atoms with E-state index in [4.69, 9.17) is 14.2 Å². The number of thioether (sulfide) groups is 1. The van der Waals surface area contributed by atoms with Crippen LogP contribution in [-0.2, 0) is 11.2 Å². The fraction of sp³-hybridized carbons (Fsp3) is 0.261. The SMILES string of the molecule is COc1ccc(-c2ccc(SCC(=O)NCCc3ccccc3OC)nn2)c(OC)c1. The minimum absolute atomic E-state index is 0.0531. The molecule has 0 saturated carbocycles. The summed E-state index contributed by atoms with van der Waals surface area (Å²) in [5.41, 5.74) is 2.57. The van der Waals surface area contributed by atoms with Gasteiger partial charge in [0.2, 0.25) is 5.91 Å². The highest BCUT2D eigenvalue weighted by atomic mass is 32.2. The lowest BCUT2D eigenvalue weighted by molar-refractivity contribution is -0.118. The molecule has 1 N–H and O–H groups in total. The van der Waals surface area contributed by atoms with Gasteiger partial charge in [-0.3, -0.25) is 4.79 Å². The molecule has 0 aliphatic carbocycles. The van der Waals surface area contributed by atoms with Gasteiger partial charge in [0, 0.05) is 18.2 Å². The molecule has 0 fully saturated rings. The van der Waals surface area contributed by atoms with Gasteiger partial charge in [-0.15, -0.1) is 10.2 Å². The van der Waals surface area contributed by atoms with E-state index < -0.39 is 0 Å². The number of ether oxygens (including phenoxy) is 3. The number of para-hydroxylation sites is 1. The van der Waals surface area contributed by atoms with Crippen molar-refractivity contribution < 1.29 is 19.0 Å². The van der Waals surface area contributed by atoms with E-state index in [1.165, 1.54) is 11.8 Å². The summed E-state index contributed by atoms with van der Waals surface area (Å²) >= 11 is 1.34. The van der Waals surface area contributed by atoms with Crippen molar-refractivity contribution in [2.24, 2.45) is 0 Å². The lowest BCUT2D eigenvalue weighted by atomic mass is 10.1. The van der Waals surface area contributed by atoms with E-state index in [1.54, 1.807) is 27.4 Å². The van der Waals surface area contributed by atoms with Crippen LogP contribution >= 0.6 is 11.8 Å². The number of nitrogens with zero attached hydrogens (tertiary/aromatic N) is 2. The first-order chi connectivity index (χ1) is 15.1. The van der Waals surface area contributed by atoms with E-state index in [0.29, 0.717) is 35.2 Å². The second-order valence-corrected chi connectivity index (χ2v) is 7.52. The van der Waals surface area contributed by atoms with Crippen molar-refractivity contribution in [3.05, 3.63) is 60.2 Å². The summed E-state index contributed by atoms with van der Waals surface area (Å²) in [4.78, 5) is 12.2. The smallest absolute Gasteiger partial charge is 0.230 e. The van der Waals surface area contributed by atoms with Gasteiger partial charge in [-0.25, -0.2) is 0 Å². The second-order valence-electron chi connectivity index (χ2n) is 6.52. The third kappa shape index (κ3) is 6.11. The van der Waals surface area contributed by atoms with Gasteiger partial charge in [-0.05, 0) is 42.3 Å². The highest BCUT2D eigenvalue weighted by molar-refractivity contribution is 7.99. The number of amides is 1. The average molecular weight is 440 g/mol. The van der Waals surface area contributed by atoms with E-state index in [9.17, 15) is 4.79 Å². The summed E-state index contributed by atoms with van der Waals surface area (Å²) in [5.74, 6) is 2.41. The predicted octanol–water partition coefficient (Wildman–Crippen LogP) is 3.62. The molecule has 2 aromatic carbocycles. The first kappa shape index (κ1) is 22.4. The molecule has 1 aromatic heterocycles. The molecule has 0 atom stereocenters. The minimum Gasteiger partial charge on any atom is -0.497 e. The maximum Gasteiger partial charge on any atom is 0.230 e. The molecule has 0 saturated heterocycles. The summed E-state index contributed by atoms with van der Waals surface area (Å²) in [6, 6.07) is 17.0. The number of methoxy groups -OCH3 is 3. The molecular weight excluding hydrogens is 414 g/mol. The molecule has 31 heavy (non-hydrogen) atoms. The van der Waals surface area contributed by atoms with Crippen LogP contribution in [0.25, 0.3) is 11.3 Å². The van der Waals surface area contributed by atoms with Gasteiger partial charge < -0.3 is 19.5 Å². The molecule has 0 aliphatic rings. The summed E-state index contributed by atoms with van der Waals surface area (Å²) < 4.78 is 16.0. The zero-order chi connectivity index (χ0) is 22.1. The number of nitrogens with one attached hydrogen (secondary N) is 1. The quantitative estimate of drug-likeness (QED) is 0.483. The molecule has 0 radical (unpaired) electrons. The topological polar surface area (TPSA) is 82.6 Å². The highest BCUT2D eigenvalue weighted by Gasteiger charge is 2.11. The van der Waals surface area contributed by atoms with Crippen molar-refractivity contribution >= 4 is 17.7 Å². The molecule has 7 nitrogen and oxygen atoms in total. The Kier molecular flexibility index (Phi) is 8.12. The molecule has 162 valence electrons. The molecule has 1 amide bonds. The first-order valence-corrected chi connectivity index (χ1v) is 10.7. The number of benzene rings is 2. The maximum absolute atomic E-state index is 12.2. The van der Waals surface area contributed by atoms with Crippen molar-refractivity contribution in [2.75, 3.05) is 33.6 Å². The van der Waals surface area contributed by atoms with Crippen molar-refractivity contribution in [1.82, 2.24) is 15.5 Å². The molecule has 3 aromatic rings. The van der Waals surface area contributed by atoms with Crippen LogP contribution in [-0.4, -0.2) is 49.7 Å². The number of carbonyl (C=O) groups excluding carboxylic acids is 1. The first-order valence-electron chi connectivity index (χ1n) is 9.72. The van der Waals surface area contributed by atoms with Gasteiger partial charge in [0.1, 0.15) is 22.3 Å². The molecule has 0 spiro atoms. The normalized spacial score (nSPS) is 10.4. The maximum atomic E-state index is 12.2. The van der Waals surface area contributed by atoms with Crippen LogP contribution in [0.15, 0.2) is 59.6 Å². The van der Waals surface area contributed by atoms with Gasteiger partial charge in [0.15, 0.2) is 0 Å². The Bertz CT molecular complexity index is 1010. The standard InChI is InChI=1S/C23H25N3O4S/c1-28-17-8-9-18(21(14-17)30-3)19-10-11-23(26-25-19)31-15-22(27)24-13-12-16-6-4-5-7-20(16)29-2/h4-11,14H,12-13,15H2,1-3H3,(H,24,27). The average Bonchev–Trinajstić information content (AvgIpc) is 2.83. The summed E-state index contributed by atoms with van der Waals surface area (Å²) in [6.07, 6.45) is 0.707. The molecule has 0 unspecified atom stereocenters. The third-order valence-corrected chi connectivity index (χ3v) is 5.50. The third-order valence-electron chi connectivity index (χ3n) is 4.58. The minimum atomic E-state index is -0.0531. The van der Waals surface area contributed by atoms with Crippen molar-refractivity contribution in [2.45, 2.75) is 11.4 Å². The van der Waals surface area contributed by atoms with Crippen LogP contribution in [0.2, 0.25) is 0 Å². The monoisotopic (exact) mass is 439 g/mol. The summed E-state index contributed by atoms with van der Waals surface area (Å²) in [5, 5.41) is 12.1. The van der Waals surface area contributed by atoms with Gasteiger partial charge in [0.25, 0.3) is 0 Å². The molecule has 0 aliphatic heterocycles. The number of aromatic nitrogens is 2. The Hall–Kier alpha value is -3.26. The fourth-order valence-electron chi connectivity index (χ4n) is 2.99.